The van der Waals surface area contributed by atoms with Crippen LogP contribution in [0.1, 0.15) is 23.3 Å². The van der Waals surface area contributed by atoms with Crippen molar-refractivity contribution in [3.63, 3.8) is 0 Å². The number of aliphatic hydroxyl groups is 1. The van der Waals surface area contributed by atoms with Gasteiger partial charge < -0.3 is 24.8 Å². The summed E-state index contributed by atoms with van der Waals surface area (Å²) in [7, 11) is 3.16. The topological polar surface area (TPSA) is 104 Å². The predicted molar refractivity (Wildman–Crippen MR) is 70.7 cm³/mol. The van der Waals surface area contributed by atoms with Gasteiger partial charge in [0.15, 0.2) is 17.3 Å². The molecule has 0 amide bonds. The molecule has 0 radical (unpaired) electrons. The number of rotatable bonds is 6. The first-order chi connectivity index (χ1) is 9.67. The van der Waals surface area contributed by atoms with E-state index in [0.717, 1.165) is 5.56 Å². The summed E-state index contributed by atoms with van der Waals surface area (Å²) in [5.74, 6) is 2.02. The summed E-state index contributed by atoms with van der Waals surface area (Å²) in [6.07, 6.45) is 0.474. The van der Waals surface area contributed by atoms with Crippen LogP contribution in [0.15, 0.2) is 22.7 Å². The molecule has 0 aliphatic heterocycles. The Morgan fingerprint density at radius 1 is 1.30 bits per heavy atom. The number of ether oxygens (including phenoxy) is 2. The smallest absolute Gasteiger partial charge is 0.245 e. The number of aliphatic hydroxyl groups excluding tert-OH is 1. The van der Waals surface area contributed by atoms with Gasteiger partial charge in [0.05, 0.1) is 20.8 Å². The Labute approximate surface area is 116 Å². The van der Waals surface area contributed by atoms with Crippen molar-refractivity contribution in [1.29, 1.82) is 0 Å². The van der Waals surface area contributed by atoms with E-state index >= 15 is 0 Å². The Morgan fingerprint density at radius 2 is 2.05 bits per heavy atom. The van der Waals surface area contributed by atoms with Crippen molar-refractivity contribution in [2.24, 2.45) is 5.73 Å². The van der Waals surface area contributed by atoms with Crippen LogP contribution in [0.4, 0.5) is 0 Å². The highest BCUT2D eigenvalue weighted by Crippen LogP contribution is 2.28. The molecule has 0 fully saturated rings. The highest BCUT2D eigenvalue weighted by Gasteiger charge is 2.14. The van der Waals surface area contributed by atoms with Crippen LogP contribution < -0.4 is 15.2 Å². The molecular formula is C13H17N3O4. The molecule has 1 aromatic heterocycles. The number of hydrogen-bond acceptors (Lipinski definition) is 7. The van der Waals surface area contributed by atoms with Gasteiger partial charge in [-0.2, -0.15) is 4.98 Å². The first-order valence-corrected chi connectivity index (χ1v) is 6.07. The van der Waals surface area contributed by atoms with Crippen LogP contribution in [0.2, 0.25) is 0 Å². The molecule has 1 atom stereocenters. The number of aromatic nitrogens is 2. The predicted octanol–water partition coefficient (Wildman–Crippen LogP) is 0.670. The van der Waals surface area contributed by atoms with E-state index in [9.17, 15) is 0 Å². The third-order valence-electron chi connectivity index (χ3n) is 2.81. The van der Waals surface area contributed by atoms with Crippen molar-refractivity contribution < 1.29 is 19.1 Å². The van der Waals surface area contributed by atoms with Gasteiger partial charge in [-0.25, -0.2) is 0 Å². The summed E-state index contributed by atoms with van der Waals surface area (Å²) in [5.41, 5.74) is 6.55. The lowest BCUT2D eigenvalue weighted by Crippen LogP contribution is -2.14. The van der Waals surface area contributed by atoms with E-state index in [1.165, 1.54) is 0 Å². The highest BCUT2D eigenvalue weighted by molar-refractivity contribution is 5.43. The third kappa shape index (κ3) is 3.06. The molecule has 1 heterocycles. The molecule has 0 bridgehead atoms. The molecule has 0 spiro atoms. The van der Waals surface area contributed by atoms with Gasteiger partial charge in [-0.05, 0) is 17.7 Å². The largest absolute Gasteiger partial charge is 0.493 e. The maximum Gasteiger partial charge on any atom is 0.245 e. The van der Waals surface area contributed by atoms with E-state index in [-0.39, 0.29) is 12.5 Å². The standard InChI is InChI=1S/C13H17N3O4/c1-18-10-4-3-8(5-11(10)19-2)6-12-15-13(20-16-12)9(14)7-17/h3-5,9,17H,6-7,14H2,1-2H3. The lowest BCUT2D eigenvalue weighted by atomic mass is 10.1. The van der Waals surface area contributed by atoms with Crippen LogP contribution in [-0.4, -0.2) is 36.1 Å². The monoisotopic (exact) mass is 279 g/mol. The normalized spacial score (nSPS) is 12.2. The van der Waals surface area contributed by atoms with Gasteiger partial charge >= 0.3 is 0 Å². The van der Waals surface area contributed by atoms with Crippen molar-refractivity contribution in [2.45, 2.75) is 12.5 Å². The number of nitrogens with zero attached hydrogens (tertiary/aromatic N) is 2. The van der Waals surface area contributed by atoms with Gasteiger partial charge in [-0.1, -0.05) is 11.2 Å². The van der Waals surface area contributed by atoms with Crippen LogP contribution in [0.5, 0.6) is 11.5 Å². The molecule has 0 aliphatic rings. The summed E-state index contributed by atoms with van der Waals surface area (Å²) in [4.78, 5) is 4.14. The van der Waals surface area contributed by atoms with Crippen LogP contribution in [-0.2, 0) is 6.42 Å². The molecule has 0 saturated heterocycles. The van der Waals surface area contributed by atoms with Crippen molar-refractivity contribution in [3.8, 4) is 11.5 Å². The van der Waals surface area contributed by atoms with Crippen molar-refractivity contribution in [2.75, 3.05) is 20.8 Å². The average molecular weight is 279 g/mol. The summed E-state index contributed by atoms with van der Waals surface area (Å²) >= 11 is 0. The minimum atomic E-state index is -0.651. The summed E-state index contributed by atoms with van der Waals surface area (Å²) in [5, 5.41) is 12.8. The Morgan fingerprint density at radius 3 is 2.70 bits per heavy atom. The number of nitrogens with two attached hydrogens (primary N) is 1. The van der Waals surface area contributed by atoms with Crippen LogP contribution >= 0.6 is 0 Å². The lowest BCUT2D eigenvalue weighted by Gasteiger charge is -2.08. The minimum Gasteiger partial charge on any atom is -0.493 e. The Kier molecular flexibility index (Phi) is 4.54. The summed E-state index contributed by atoms with van der Waals surface area (Å²) in [6, 6.07) is 4.90. The zero-order valence-electron chi connectivity index (χ0n) is 11.4. The zero-order valence-corrected chi connectivity index (χ0v) is 11.4. The van der Waals surface area contributed by atoms with E-state index in [1.807, 2.05) is 18.2 Å². The second-order valence-corrected chi connectivity index (χ2v) is 4.20. The van der Waals surface area contributed by atoms with E-state index < -0.39 is 6.04 Å². The quantitative estimate of drug-likeness (QED) is 0.800. The first kappa shape index (κ1) is 14.3. The Hall–Kier alpha value is -2.12. The second-order valence-electron chi connectivity index (χ2n) is 4.20. The number of hydrogen-bond donors (Lipinski definition) is 2. The van der Waals surface area contributed by atoms with Gasteiger partial charge in [0, 0.05) is 6.42 Å². The molecule has 1 aromatic carbocycles. The molecule has 1 unspecified atom stereocenters. The maximum absolute atomic E-state index is 8.93. The van der Waals surface area contributed by atoms with E-state index in [0.29, 0.717) is 23.7 Å². The van der Waals surface area contributed by atoms with Crippen LogP contribution in [0.3, 0.4) is 0 Å². The SMILES string of the molecule is COc1ccc(Cc2noc(C(N)CO)n2)cc1OC. The van der Waals surface area contributed by atoms with Gasteiger partial charge in [-0.15, -0.1) is 0 Å². The zero-order chi connectivity index (χ0) is 14.5. The van der Waals surface area contributed by atoms with E-state index in [2.05, 4.69) is 10.1 Å². The molecule has 7 heteroatoms. The Bertz CT molecular complexity index is 570. The first-order valence-electron chi connectivity index (χ1n) is 6.07. The van der Waals surface area contributed by atoms with Gasteiger partial charge in [-0.3, -0.25) is 0 Å². The molecule has 2 aromatic rings. The minimum absolute atomic E-state index is 0.225. The van der Waals surface area contributed by atoms with E-state index in [1.54, 1.807) is 14.2 Å². The fraction of sp³-hybridized carbons (Fsp3) is 0.385. The Balaban J connectivity index is 2.15. The molecule has 0 aliphatic carbocycles. The van der Waals surface area contributed by atoms with Crippen LogP contribution in [0, 0.1) is 0 Å². The number of methoxy groups -OCH3 is 2. The van der Waals surface area contributed by atoms with Crippen molar-refractivity contribution >= 4 is 0 Å². The van der Waals surface area contributed by atoms with Crippen molar-refractivity contribution in [3.05, 3.63) is 35.5 Å². The fourth-order valence-corrected chi connectivity index (χ4v) is 1.74. The molecule has 2 rings (SSSR count). The molecule has 108 valence electrons. The third-order valence-corrected chi connectivity index (χ3v) is 2.81. The van der Waals surface area contributed by atoms with Crippen LogP contribution in [0.25, 0.3) is 0 Å². The second kappa shape index (κ2) is 6.36. The maximum atomic E-state index is 8.93. The average Bonchev–Trinajstić information content (AvgIpc) is 2.94. The van der Waals surface area contributed by atoms with Gasteiger partial charge in [0.25, 0.3) is 0 Å². The molecule has 20 heavy (non-hydrogen) atoms. The fourth-order valence-electron chi connectivity index (χ4n) is 1.74. The van der Waals surface area contributed by atoms with E-state index in [4.69, 9.17) is 24.8 Å². The summed E-state index contributed by atoms with van der Waals surface area (Å²) < 4.78 is 15.4. The van der Waals surface area contributed by atoms with Crippen molar-refractivity contribution in [1.82, 2.24) is 10.1 Å². The molecule has 3 N–H and O–H groups in total. The molecule has 7 nitrogen and oxygen atoms in total. The molecule has 0 saturated carbocycles. The highest BCUT2D eigenvalue weighted by atomic mass is 16.5. The van der Waals surface area contributed by atoms with Gasteiger partial charge in [0.1, 0.15) is 6.04 Å². The lowest BCUT2D eigenvalue weighted by molar-refractivity contribution is 0.236. The van der Waals surface area contributed by atoms with Gasteiger partial charge in [0.2, 0.25) is 5.89 Å². The number of benzene rings is 1. The molecular weight excluding hydrogens is 262 g/mol. The summed E-state index contributed by atoms with van der Waals surface area (Å²) in [6.45, 7) is -0.238.